The van der Waals surface area contributed by atoms with Crippen LogP contribution < -0.4 is 5.32 Å². The number of nitrogens with one attached hydrogen (secondary N) is 1. The van der Waals surface area contributed by atoms with Gasteiger partial charge in [-0.2, -0.15) is 5.10 Å². The van der Waals surface area contributed by atoms with Gasteiger partial charge in [0.1, 0.15) is 12.2 Å². The van der Waals surface area contributed by atoms with Crippen molar-refractivity contribution in [3.8, 4) is 0 Å². The summed E-state index contributed by atoms with van der Waals surface area (Å²) in [6.07, 6.45) is 4.12. The standard InChI is InChI=1S/C13H26N4/c1-10(2)6-7-12(5)14-8-13-15-9-16-17(13)11(3)4/h9-12,14H,6-8H2,1-5H3. The summed E-state index contributed by atoms with van der Waals surface area (Å²) >= 11 is 0. The van der Waals surface area contributed by atoms with Gasteiger partial charge >= 0.3 is 0 Å². The topological polar surface area (TPSA) is 42.7 Å². The Bertz CT molecular complexity index is 317. The Kier molecular flexibility index (Phi) is 5.62. The third kappa shape index (κ3) is 4.86. The Balaban J connectivity index is 2.36. The average molecular weight is 238 g/mol. The first-order chi connectivity index (χ1) is 8.00. The van der Waals surface area contributed by atoms with Gasteiger partial charge in [-0.05, 0) is 39.5 Å². The van der Waals surface area contributed by atoms with E-state index < -0.39 is 0 Å². The van der Waals surface area contributed by atoms with Crippen LogP contribution >= 0.6 is 0 Å². The third-order valence-electron chi connectivity index (χ3n) is 2.92. The molecule has 0 bridgehead atoms. The van der Waals surface area contributed by atoms with Crippen LogP contribution in [0.1, 0.15) is 59.3 Å². The molecule has 1 aromatic heterocycles. The van der Waals surface area contributed by atoms with Gasteiger partial charge in [-0.1, -0.05) is 13.8 Å². The molecule has 0 aromatic carbocycles. The first-order valence-electron chi connectivity index (χ1n) is 6.62. The van der Waals surface area contributed by atoms with E-state index in [1.165, 1.54) is 12.8 Å². The first-order valence-corrected chi connectivity index (χ1v) is 6.62. The van der Waals surface area contributed by atoms with Gasteiger partial charge in [0.05, 0.1) is 6.54 Å². The van der Waals surface area contributed by atoms with Gasteiger partial charge in [0.15, 0.2) is 0 Å². The van der Waals surface area contributed by atoms with Gasteiger partial charge in [0.2, 0.25) is 0 Å². The lowest BCUT2D eigenvalue weighted by Gasteiger charge is -2.16. The molecule has 1 aromatic rings. The van der Waals surface area contributed by atoms with Crippen molar-refractivity contribution in [3.63, 3.8) is 0 Å². The molecule has 0 aliphatic heterocycles. The van der Waals surface area contributed by atoms with E-state index in [0.29, 0.717) is 12.1 Å². The Morgan fingerprint density at radius 2 is 1.88 bits per heavy atom. The highest BCUT2D eigenvalue weighted by Crippen LogP contribution is 2.08. The van der Waals surface area contributed by atoms with E-state index in [2.05, 4.69) is 50.0 Å². The number of hydrogen-bond acceptors (Lipinski definition) is 3. The van der Waals surface area contributed by atoms with Crippen molar-refractivity contribution >= 4 is 0 Å². The molecule has 0 saturated heterocycles. The predicted octanol–water partition coefficient (Wildman–Crippen LogP) is 2.77. The van der Waals surface area contributed by atoms with Gasteiger partial charge in [-0.3, -0.25) is 0 Å². The molecule has 0 fully saturated rings. The Labute approximate surface area is 105 Å². The molecule has 1 unspecified atom stereocenters. The highest BCUT2D eigenvalue weighted by molar-refractivity contribution is 4.86. The number of hydrogen-bond donors (Lipinski definition) is 1. The second-order valence-corrected chi connectivity index (χ2v) is 5.47. The largest absolute Gasteiger partial charge is 0.307 e. The maximum atomic E-state index is 4.29. The first kappa shape index (κ1) is 14.2. The van der Waals surface area contributed by atoms with Crippen LogP contribution in [0.25, 0.3) is 0 Å². The second-order valence-electron chi connectivity index (χ2n) is 5.47. The molecule has 1 N–H and O–H groups in total. The zero-order chi connectivity index (χ0) is 12.8. The lowest BCUT2D eigenvalue weighted by atomic mass is 10.0. The summed E-state index contributed by atoms with van der Waals surface area (Å²) in [4.78, 5) is 4.29. The molecule has 98 valence electrons. The lowest BCUT2D eigenvalue weighted by molar-refractivity contribution is 0.429. The van der Waals surface area contributed by atoms with Gasteiger partial charge in [0.25, 0.3) is 0 Å². The minimum atomic E-state index is 0.375. The molecule has 0 saturated carbocycles. The van der Waals surface area contributed by atoms with Gasteiger partial charge in [0, 0.05) is 12.1 Å². The smallest absolute Gasteiger partial charge is 0.141 e. The molecule has 0 aliphatic rings. The molecule has 17 heavy (non-hydrogen) atoms. The SMILES string of the molecule is CC(C)CCC(C)NCc1ncnn1C(C)C. The fourth-order valence-corrected chi connectivity index (χ4v) is 1.78. The van der Waals surface area contributed by atoms with Crippen molar-refractivity contribution in [1.29, 1.82) is 0 Å². The van der Waals surface area contributed by atoms with Crippen LogP contribution in [0.2, 0.25) is 0 Å². The molecular formula is C13H26N4. The maximum Gasteiger partial charge on any atom is 0.141 e. The Morgan fingerprint density at radius 1 is 1.18 bits per heavy atom. The van der Waals surface area contributed by atoms with E-state index in [1.54, 1.807) is 6.33 Å². The maximum absolute atomic E-state index is 4.29. The molecule has 1 heterocycles. The van der Waals surface area contributed by atoms with E-state index in [1.807, 2.05) is 4.68 Å². The van der Waals surface area contributed by atoms with Crippen LogP contribution in [0.5, 0.6) is 0 Å². The van der Waals surface area contributed by atoms with E-state index in [-0.39, 0.29) is 0 Å². The van der Waals surface area contributed by atoms with E-state index >= 15 is 0 Å². The van der Waals surface area contributed by atoms with Crippen LogP contribution in [-0.4, -0.2) is 20.8 Å². The van der Waals surface area contributed by atoms with Crippen LogP contribution in [0, 0.1) is 5.92 Å². The summed E-state index contributed by atoms with van der Waals surface area (Å²) in [5.41, 5.74) is 0. The molecule has 4 nitrogen and oxygen atoms in total. The number of rotatable bonds is 7. The summed E-state index contributed by atoms with van der Waals surface area (Å²) in [5.74, 6) is 1.80. The molecule has 0 amide bonds. The molecule has 1 rings (SSSR count). The fraction of sp³-hybridized carbons (Fsp3) is 0.846. The third-order valence-corrected chi connectivity index (χ3v) is 2.92. The van der Waals surface area contributed by atoms with Crippen molar-refractivity contribution in [1.82, 2.24) is 20.1 Å². The van der Waals surface area contributed by atoms with Gasteiger partial charge in [-0.15, -0.1) is 0 Å². The molecule has 0 aliphatic carbocycles. The van der Waals surface area contributed by atoms with E-state index in [9.17, 15) is 0 Å². The summed E-state index contributed by atoms with van der Waals surface area (Å²) in [6, 6.07) is 0.912. The van der Waals surface area contributed by atoms with E-state index in [0.717, 1.165) is 18.3 Å². The monoisotopic (exact) mass is 238 g/mol. The molecule has 0 spiro atoms. The van der Waals surface area contributed by atoms with Crippen LogP contribution in [0.3, 0.4) is 0 Å². The van der Waals surface area contributed by atoms with Crippen LogP contribution in [0.15, 0.2) is 6.33 Å². The number of nitrogens with zero attached hydrogens (tertiary/aromatic N) is 3. The summed E-state index contributed by atoms with van der Waals surface area (Å²) in [7, 11) is 0. The van der Waals surface area contributed by atoms with Crippen LogP contribution in [0.4, 0.5) is 0 Å². The summed E-state index contributed by atoms with van der Waals surface area (Å²) in [5, 5.41) is 7.75. The van der Waals surface area contributed by atoms with Crippen molar-refractivity contribution in [2.45, 2.75) is 66.1 Å². The molecular weight excluding hydrogens is 212 g/mol. The normalized spacial score (nSPS) is 13.6. The summed E-state index contributed by atoms with van der Waals surface area (Å²) in [6.45, 7) is 11.8. The molecule has 0 radical (unpaired) electrons. The highest BCUT2D eigenvalue weighted by atomic mass is 15.4. The average Bonchev–Trinajstić information content (AvgIpc) is 2.71. The van der Waals surface area contributed by atoms with E-state index in [4.69, 9.17) is 0 Å². The van der Waals surface area contributed by atoms with Crippen molar-refractivity contribution in [2.24, 2.45) is 5.92 Å². The quantitative estimate of drug-likeness (QED) is 0.794. The fourth-order valence-electron chi connectivity index (χ4n) is 1.78. The summed E-state index contributed by atoms with van der Waals surface area (Å²) < 4.78 is 1.97. The minimum absolute atomic E-state index is 0.375. The van der Waals surface area contributed by atoms with Crippen molar-refractivity contribution in [2.75, 3.05) is 0 Å². The Hall–Kier alpha value is -0.900. The lowest BCUT2D eigenvalue weighted by Crippen LogP contribution is -2.27. The second kappa shape index (κ2) is 6.74. The zero-order valence-electron chi connectivity index (χ0n) is 11.8. The van der Waals surface area contributed by atoms with Crippen molar-refractivity contribution in [3.05, 3.63) is 12.2 Å². The number of aromatic nitrogens is 3. The van der Waals surface area contributed by atoms with Crippen LogP contribution in [-0.2, 0) is 6.54 Å². The van der Waals surface area contributed by atoms with Gasteiger partial charge in [-0.25, -0.2) is 9.67 Å². The highest BCUT2D eigenvalue weighted by Gasteiger charge is 2.09. The Morgan fingerprint density at radius 3 is 2.47 bits per heavy atom. The van der Waals surface area contributed by atoms with Gasteiger partial charge < -0.3 is 5.32 Å². The predicted molar refractivity (Wildman–Crippen MR) is 70.8 cm³/mol. The molecule has 4 heteroatoms. The van der Waals surface area contributed by atoms with Crippen molar-refractivity contribution < 1.29 is 0 Å². The minimum Gasteiger partial charge on any atom is -0.307 e. The molecule has 1 atom stereocenters. The zero-order valence-corrected chi connectivity index (χ0v) is 11.8.